The standard InChI is InChI=1S/C10H14O5/c1-5(12)7-3-9(15-6(7)2)10(14)8(13)4-11/h3,8,10-11,13-14H,4H2,1-2H3/t8-,10-/m1/s1. The number of Topliss-reactive ketones (excluding diaryl/α,β-unsaturated/α-hetero) is 1. The van der Waals surface area contributed by atoms with Crippen LogP contribution in [0.2, 0.25) is 0 Å². The van der Waals surface area contributed by atoms with Crippen LogP contribution in [-0.2, 0) is 0 Å². The van der Waals surface area contributed by atoms with E-state index in [-0.39, 0.29) is 11.5 Å². The van der Waals surface area contributed by atoms with E-state index in [0.717, 1.165) is 0 Å². The highest BCUT2D eigenvalue weighted by Crippen LogP contribution is 2.23. The van der Waals surface area contributed by atoms with Crippen molar-refractivity contribution in [2.45, 2.75) is 26.1 Å². The van der Waals surface area contributed by atoms with Crippen molar-refractivity contribution in [1.29, 1.82) is 0 Å². The number of aryl methyl sites for hydroxylation is 1. The number of carbonyl (C=O) groups is 1. The predicted octanol–water partition coefficient (Wildman–Crippen LogP) is 0.177. The Kier molecular flexibility index (Phi) is 3.62. The Morgan fingerprint density at radius 2 is 2.13 bits per heavy atom. The van der Waals surface area contributed by atoms with E-state index < -0.39 is 18.8 Å². The molecule has 0 radical (unpaired) electrons. The molecule has 1 aromatic rings. The zero-order valence-corrected chi connectivity index (χ0v) is 8.60. The van der Waals surface area contributed by atoms with Gasteiger partial charge in [-0.3, -0.25) is 4.79 Å². The molecule has 84 valence electrons. The molecule has 5 nitrogen and oxygen atoms in total. The van der Waals surface area contributed by atoms with Crippen LogP contribution in [0.1, 0.15) is 34.9 Å². The van der Waals surface area contributed by atoms with E-state index in [1.807, 2.05) is 0 Å². The van der Waals surface area contributed by atoms with Gasteiger partial charge < -0.3 is 19.7 Å². The number of furan rings is 1. The van der Waals surface area contributed by atoms with Gasteiger partial charge in [-0.25, -0.2) is 0 Å². The second kappa shape index (κ2) is 4.57. The zero-order chi connectivity index (χ0) is 11.6. The van der Waals surface area contributed by atoms with Crippen molar-refractivity contribution >= 4 is 5.78 Å². The third-order valence-electron chi connectivity index (χ3n) is 2.16. The summed E-state index contributed by atoms with van der Waals surface area (Å²) in [5.41, 5.74) is 0.370. The van der Waals surface area contributed by atoms with E-state index in [4.69, 9.17) is 9.52 Å². The first-order valence-corrected chi connectivity index (χ1v) is 4.55. The molecule has 1 rings (SSSR count). The van der Waals surface area contributed by atoms with Crippen molar-refractivity contribution < 1.29 is 24.5 Å². The molecule has 1 aromatic heterocycles. The molecule has 0 saturated heterocycles. The van der Waals surface area contributed by atoms with E-state index in [1.54, 1.807) is 6.92 Å². The van der Waals surface area contributed by atoms with Gasteiger partial charge in [-0.05, 0) is 19.9 Å². The normalized spacial score (nSPS) is 15.0. The van der Waals surface area contributed by atoms with E-state index in [2.05, 4.69) is 0 Å². The third-order valence-corrected chi connectivity index (χ3v) is 2.16. The molecule has 0 aromatic carbocycles. The summed E-state index contributed by atoms with van der Waals surface area (Å²) in [6.45, 7) is 2.41. The molecule has 0 aliphatic carbocycles. The minimum absolute atomic E-state index is 0.0826. The summed E-state index contributed by atoms with van der Waals surface area (Å²) in [6, 6.07) is 1.38. The molecule has 1 heterocycles. The summed E-state index contributed by atoms with van der Waals surface area (Å²) >= 11 is 0. The minimum Gasteiger partial charge on any atom is -0.463 e. The van der Waals surface area contributed by atoms with Crippen molar-refractivity contribution in [3.05, 3.63) is 23.2 Å². The van der Waals surface area contributed by atoms with Crippen LogP contribution in [0.4, 0.5) is 0 Å². The molecule has 5 heteroatoms. The van der Waals surface area contributed by atoms with Gasteiger partial charge in [0.05, 0.1) is 12.2 Å². The monoisotopic (exact) mass is 214 g/mol. The Bertz CT molecular complexity index is 355. The fourth-order valence-corrected chi connectivity index (χ4v) is 1.29. The highest BCUT2D eigenvalue weighted by atomic mass is 16.4. The lowest BCUT2D eigenvalue weighted by Gasteiger charge is -2.12. The predicted molar refractivity (Wildman–Crippen MR) is 51.5 cm³/mol. The molecule has 0 unspecified atom stereocenters. The quantitative estimate of drug-likeness (QED) is 0.622. The first kappa shape index (κ1) is 11.9. The van der Waals surface area contributed by atoms with Crippen molar-refractivity contribution in [2.24, 2.45) is 0 Å². The van der Waals surface area contributed by atoms with E-state index in [9.17, 15) is 15.0 Å². The Morgan fingerprint density at radius 1 is 1.53 bits per heavy atom. The average molecular weight is 214 g/mol. The molecular weight excluding hydrogens is 200 g/mol. The molecule has 0 amide bonds. The molecule has 0 aliphatic rings. The van der Waals surface area contributed by atoms with Gasteiger partial charge in [0.1, 0.15) is 23.7 Å². The molecule has 0 bridgehead atoms. The number of hydrogen-bond donors (Lipinski definition) is 3. The largest absolute Gasteiger partial charge is 0.463 e. The lowest BCUT2D eigenvalue weighted by molar-refractivity contribution is -0.0254. The van der Waals surface area contributed by atoms with Crippen molar-refractivity contribution in [3.8, 4) is 0 Å². The van der Waals surface area contributed by atoms with E-state index in [1.165, 1.54) is 13.0 Å². The van der Waals surface area contributed by atoms with Crippen LogP contribution in [0.15, 0.2) is 10.5 Å². The Labute approximate surface area is 87.0 Å². The maximum absolute atomic E-state index is 11.1. The lowest BCUT2D eigenvalue weighted by Crippen LogP contribution is -2.21. The topological polar surface area (TPSA) is 90.9 Å². The summed E-state index contributed by atoms with van der Waals surface area (Å²) in [7, 11) is 0. The van der Waals surface area contributed by atoms with Gasteiger partial charge in [-0.2, -0.15) is 0 Å². The molecule has 0 saturated carbocycles. The highest BCUT2D eigenvalue weighted by molar-refractivity contribution is 5.95. The van der Waals surface area contributed by atoms with Crippen LogP contribution in [0.5, 0.6) is 0 Å². The van der Waals surface area contributed by atoms with Crippen molar-refractivity contribution in [2.75, 3.05) is 6.61 Å². The summed E-state index contributed by atoms with van der Waals surface area (Å²) in [5.74, 6) is 0.300. The first-order valence-electron chi connectivity index (χ1n) is 4.55. The SMILES string of the molecule is CC(=O)c1cc([C@H](O)[C@H](O)CO)oc1C. The smallest absolute Gasteiger partial charge is 0.163 e. The maximum atomic E-state index is 11.1. The zero-order valence-electron chi connectivity index (χ0n) is 8.60. The van der Waals surface area contributed by atoms with Crippen molar-refractivity contribution in [1.82, 2.24) is 0 Å². The molecule has 3 N–H and O–H groups in total. The number of rotatable bonds is 4. The molecule has 0 fully saturated rings. The molecule has 15 heavy (non-hydrogen) atoms. The van der Waals surface area contributed by atoms with Gasteiger partial charge in [-0.1, -0.05) is 0 Å². The van der Waals surface area contributed by atoms with E-state index >= 15 is 0 Å². The fraction of sp³-hybridized carbons (Fsp3) is 0.500. The first-order chi connectivity index (χ1) is 6.97. The summed E-state index contributed by atoms with van der Waals surface area (Å²) < 4.78 is 5.12. The minimum atomic E-state index is -1.32. The number of hydrogen-bond acceptors (Lipinski definition) is 5. The summed E-state index contributed by atoms with van der Waals surface area (Å²) in [6.07, 6.45) is -2.63. The molecule has 0 spiro atoms. The van der Waals surface area contributed by atoms with Crippen LogP contribution >= 0.6 is 0 Å². The van der Waals surface area contributed by atoms with Crippen LogP contribution in [-0.4, -0.2) is 33.8 Å². The van der Waals surface area contributed by atoms with Gasteiger partial charge >= 0.3 is 0 Å². The van der Waals surface area contributed by atoms with Crippen LogP contribution in [0.3, 0.4) is 0 Å². The van der Waals surface area contributed by atoms with E-state index in [0.29, 0.717) is 11.3 Å². The fourth-order valence-electron chi connectivity index (χ4n) is 1.29. The molecule has 2 atom stereocenters. The second-order valence-corrected chi connectivity index (χ2v) is 3.37. The Morgan fingerprint density at radius 3 is 2.53 bits per heavy atom. The number of aliphatic hydroxyl groups excluding tert-OH is 3. The average Bonchev–Trinajstić information content (AvgIpc) is 2.58. The lowest BCUT2D eigenvalue weighted by atomic mass is 10.1. The van der Waals surface area contributed by atoms with Crippen LogP contribution < -0.4 is 0 Å². The van der Waals surface area contributed by atoms with Crippen LogP contribution in [0.25, 0.3) is 0 Å². The summed E-state index contributed by atoms with van der Waals surface area (Å²) in [4.78, 5) is 11.1. The number of ketones is 1. The Balaban J connectivity index is 2.97. The maximum Gasteiger partial charge on any atom is 0.163 e. The van der Waals surface area contributed by atoms with Gasteiger partial charge in [0.15, 0.2) is 5.78 Å². The van der Waals surface area contributed by atoms with Gasteiger partial charge in [0.2, 0.25) is 0 Å². The number of carbonyl (C=O) groups excluding carboxylic acids is 1. The second-order valence-electron chi connectivity index (χ2n) is 3.37. The highest BCUT2D eigenvalue weighted by Gasteiger charge is 2.23. The molecular formula is C10H14O5. The van der Waals surface area contributed by atoms with Gasteiger partial charge in [0, 0.05) is 0 Å². The molecule has 0 aliphatic heterocycles. The Hall–Kier alpha value is -1.17. The van der Waals surface area contributed by atoms with Gasteiger partial charge in [0.25, 0.3) is 0 Å². The van der Waals surface area contributed by atoms with Crippen molar-refractivity contribution in [3.63, 3.8) is 0 Å². The van der Waals surface area contributed by atoms with Crippen LogP contribution in [0, 0.1) is 6.92 Å². The summed E-state index contributed by atoms with van der Waals surface area (Å²) in [5, 5.41) is 27.3. The third kappa shape index (κ3) is 2.44. The number of aliphatic hydroxyl groups is 3. The van der Waals surface area contributed by atoms with Gasteiger partial charge in [-0.15, -0.1) is 0 Å².